The number of halogens is 1. The van der Waals surface area contributed by atoms with Crippen molar-refractivity contribution < 1.29 is 0 Å². The maximum atomic E-state index is 6.22. The monoisotopic (exact) mass is 265 g/mol. The zero-order chi connectivity index (χ0) is 13.0. The number of rotatable bonds is 6. The summed E-state index contributed by atoms with van der Waals surface area (Å²) >= 11 is 6.22. The summed E-state index contributed by atoms with van der Waals surface area (Å²) in [4.78, 5) is 0. The second kappa shape index (κ2) is 6.58. The third kappa shape index (κ3) is 3.73. The highest BCUT2D eigenvalue weighted by Gasteiger charge is 2.30. The largest absolute Gasteiger partial charge is 0.314 e. The van der Waals surface area contributed by atoms with Gasteiger partial charge in [-0.2, -0.15) is 0 Å². The van der Waals surface area contributed by atoms with Gasteiger partial charge in [0.1, 0.15) is 0 Å². The predicted molar refractivity (Wildman–Crippen MR) is 79.3 cm³/mol. The van der Waals surface area contributed by atoms with Gasteiger partial charge in [0.25, 0.3) is 0 Å². The lowest BCUT2D eigenvalue weighted by molar-refractivity contribution is 0.288. The molecule has 0 aromatic heterocycles. The van der Waals surface area contributed by atoms with Crippen molar-refractivity contribution >= 4 is 11.6 Å². The standard InChI is InChI=1S/C16H24ClN/c1-12(2)6-5-9-18-14-10-13(11-14)15-7-3-4-8-16(15)17/h3-4,7-8,12-14,18H,5-6,9-11H2,1-2H3. The van der Waals surface area contributed by atoms with E-state index in [1.165, 1.54) is 31.2 Å². The van der Waals surface area contributed by atoms with E-state index in [9.17, 15) is 0 Å². The average Bonchev–Trinajstić information content (AvgIpc) is 2.28. The SMILES string of the molecule is CC(C)CCCNC1CC(c2ccccc2Cl)C1. The van der Waals surface area contributed by atoms with Crippen LogP contribution >= 0.6 is 11.6 Å². The van der Waals surface area contributed by atoms with Crippen LogP contribution in [0.25, 0.3) is 0 Å². The van der Waals surface area contributed by atoms with Crippen LogP contribution in [0.2, 0.25) is 5.02 Å². The van der Waals surface area contributed by atoms with E-state index in [4.69, 9.17) is 11.6 Å². The van der Waals surface area contributed by atoms with E-state index in [0.717, 1.165) is 17.5 Å². The summed E-state index contributed by atoms with van der Waals surface area (Å²) in [6.07, 6.45) is 5.11. The third-order valence-electron chi connectivity index (χ3n) is 3.87. The molecular weight excluding hydrogens is 242 g/mol. The Bertz CT molecular complexity index is 369. The Balaban J connectivity index is 1.67. The van der Waals surface area contributed by atoms with Crippen LogP contribution in [-0.4, -0.2) is 12.6 Å². The van der Waals surface area contributed by atoms with Crippen LogP contribution in [0, 0.1) is 5.92 Å². The van der Waals surface area contributed by atoms with E-state index in [-0.39, 0.29) is 0 Å². The maximum Gasteiger partial charge on any atom is 0.0440 e. The van der Waals surface area contributed by atoms with Crippen LogP contribution in [0.4, 0.5) is 0 Å². The first-order chi connectivity index (χ1) is 8.66. The second-order valence-corrected chi connectivity index (χ2v) is 6.28. The Morgan fingerprint density at radius 3 is 2.67 bits per heavy atom. The molecule has 1 aliphatic carbocycles. The zero-order valence-electron chi connectivity index (χ0n) is 11.5. The first-order valence-corrected chi connectivity index (χ1v) is 7.52. The molecule has 1 saturated carbocycles. The fourth-order valence-electron chi connectivity index (χ4n) is 2.66. The van der Waals surface area contributed by atoms with Crippen LogP contribution in [-0.2, 0) is 0 Å². The van der Waals surface area contributed by atoms with Gasteiger partial charge in [-0.1, -0.05) is 43.6 Å². The number of nitrogens with one attached hydrogen (secondary N) is 1. The van der Waals surface area contributed by atoms with Gasteiger partial charge in [0.15, 0.2) is 0 Å². The fraction of sp³-hybridized carbons (Fsp3) is 0.625. The van der Waals surface area contributed by atoms with Crippen molar-refractivity contribution in [2.75, 3.05) is 6.54 Å². The lowest BCUT2D eigenvalue weighted by Gasteiger charge is -2.37. The van der Waals surface area contributed by atoms with Gasteiger partial charge < -0.3 is 5.32 Å². The third-order valence-corrected chi connectivity index (χ3v) is 4.22. The highest BCUT2D eigenvalue weighted by molar-refractivity contribution is 6.31. The molecule has 0 unspecified atom stereocenters. The molecule has 1 N–H and O–H groups in total. The smallest absolute Gasteiger partial charge is 0.0440 e. The normalized spacial score (nSPS) is 23.1. The molecule has 1 aromatic rings. The van der Waals surface area contributed by atoms with Crippen molar-refractivity contribution in [2.45, 2.75) is 51.5 Å². The molecule has 0 saturated heterocycles. The van der Waals surface area contributed by atoms with E-state index >= 15 is 0 Å². The lowest BCUT2D eigenvalue weighted by atomic mass is 9.76. The molecule has 2 rings (SSSR count). The van der Waals surface area contributed by atoms with Crippen molar-refractivity contribution in [3.63, 3.8) is 0 Å². The van der Waals surface area contributed by atoms with Crippen LogP contribution < -0.4 is 5.32 Å². The van der Waals surface area contributed by atoms with Gasteiger partial charge in [0.05, 0.1) is 0 Å². The van der Waals surface area contributed by atoms with Crippen molar-refractivity contribution in [2.24, 2.45) is 5.92 Å². The van der Waals surface area contributed by atoms with E-state index in [0.29, 0.717) is 12.0 Å². The van der Waals surface area contributed by atoms with Crippen LogP contribution in [0.5, 0.6) is 0 Å². The van der Waals surface area contributed by atoms with E-state index in [2.05, 4.69) is 31.3 Å². The molecular formula is C16H24ClN. The van der Waals surface area contributed by atoms with Crippen molar-refractivity contribution in [3.8, 4) is 0 Å². The van der Waals surface area contributed by atoms with Crippen molar-refractivity contribution in [1.82, 2.24) is 5.32 Å². The second-order valence-electron chi connectivity index (χ2n) is 5.88. The van der Waals surface area contributed by atoms with E-state index in [1.807, 2.05) is 12.1 Å². The van der Waals surface area contributed by atoms with E-state index in [1.54, 1.807) is 0 Å². The molecule has 0 amide bonds. The summed E-state index contributed by atoms with van der Waals surface area (Å²) in [7, 11) is 0. The Morgan fingerprint density at radius 1 is 1.28 bits per heavy atom. The molecule has 0 radical (unpaired) electrons. The molecule has 1 aliphatic rings. The summed E-state index contributed by atoms with van der Waals surface area (Å²) < 4.78 is 0. The topological polar surface area (TPSA) is 12.0 Å². The van der Waals surface area contributed by atoms with Gasteiger partial charge in [-0.15, -0.1) is 0 Å². The highest BCUT2D eigenvalue weighted by Crippen LogP contribution is 2.39. The number of hydrogen-bond acceptors (Lipinski definition) is 1. The van der Waals surface area contributed by atoms with Gasteiger partial charge in [-0.3, -0.25) is 0 Å². The quantitative estimate of drug-likeness (QED) is 0.741. The van der Waals surface area contributed by atoms with Gasteiger partial charge in [0, 0.05) is 11.1 Å². The molecule has 1 aromatic carbocycles. The maximum absolute atomic E-state index is 6.22. The lowest BCUT2D eigenvalue weighted by Crippen LogP contribution is -2.40. The van der Waals surface area contributed by atoms with Crippen LogP contribution in [0.3, 0.4) is 0 Å². The number of benzene rings is 1. The molecule has 0 heterocycles. The molecule has 100 valence electrons. The Labute approximate surface area is 116 Å². The molecule has 0 atom stereocenters. The van der Waals surface area contributed by atoms with Crippen molar-refractivity contribution in [1.29, 1.82) is 0 Å². The summed E-state index contributed by atoms with van der Waals surface area (Å²) in [5.74, 6) is 1.49. The van der Waals surface area contributed by atoms with E-state index < -0.39 is 0 Å². The molecule has 1 nitrogen and oxygen atoms in total. The van der Waals surface area contributed by atoms with Gasteiger partial charge in [0.2, 0.25) is 0 Å². The Hall–Kier alpha value is -0.530. The summed E-state index contributed by atoms with van der Waals surface area (Å²) in [6, 6.07) is 8.97. The fourth-order valence-corrected chi connectivity index (χ4v) is 2.95. The van der Waals surface area contributed by atoms with Gasteiger partial charge in [-0.25, -0.2) is 0 Å². The summed E-state index contributed by atoms with van der Waals surface area (Å²) in [6.45, 7) is 5.74. The first-order valence-electron chi connectivity index (χ1n) is 7.14. The average molecular weight is 266 g/mol. The summed E-state index contributed by atoms with van der Waals surface area (Å²) in [5, 5.41) is 4.58. The van der Waals surface area contributed by atoms with Crippen LogP contribution in [0.15, 0.2) is 24.3 Å². The Kier molecular flexibility index (Phi) is 5.08. The molecule has 0 aliphatic heterocycles. The van der Waals surface area contributed by atoms with Crippen LogP contribution in [0.1, 0.15) is 51.0 Å². The minimum atomic E-state index is 0.668. The van der Waals surface area contributed by atoms with Gasteiger partial charge in [-0.05, 0) is 55.7 Å². The Morgan fingerprint density at radius 2 is 2.00 bits per heavy atom. The van der Waals surface area contributed by atoms with Crippen molar-refractivity contribution in [3.05, 3.63) is 34.9 Å². The molecule has 0 spiro atoms. The van der Waals surface area contributed by atoms with Gasteiger partial charge >= 0.3 is 0 Å². The number of hydrogen-bond donors (Lipinski definition) is 1. The minimum absolute atomic E-state index is 0.668. The molecule has 0 bridgehead atoms. The molecule has 2 heteroatoms. The molecule has 18 heavy (non-hydrogen) atoms. The minimum Gasteiger partial charge on any atom is -0.314 e. The first kappa shape index (κ1) is 13.9. The highest BCUT2D eigenvalue weighted by atomic mass is 35.5. The summed E-state index contributed by atoms with van der Waals surface area (Å²) in [5.41, 5.74) is 1.33. The zero-order valence-corrected chi connectivity index (χ0v) is 12.2. The molecule has 1 fully saturated rings. The predicted octanol–water partition coefficient (Wildman–Crippen LogP) is 4.61.